The number of carbonyl (C=O) groups excluding carboxylic acids is 1. The number of hydrogen-bond acceptors (Lipinski definition) is 2. The summed E-state index contributed by atoms with van der Waals surface area (Å²) in [5, 5.41) is 0. The monoisotopic (exact) mass is 167 g/mol. The van der Waals surface area contributed by atoms with Crippen molar-refractivity contribution in [1.29, 1.82) is 0 Å². The van der Waals surface area contributed by atoms with Gasteiger partial charge in [-0.2, -0.15) is 0 Å². The average Bonchev–Trinajstić information content (AvgIpc) is 2.04. The van der Waals surface area contributed by atoms with Crippen LogP contribution in [-0.2, 0) is 4.79 Å². The molecule has 2 fully saturated rings. The highest BCUT2D eigenvalue weighted by Crippen LogP contribution is 2.32. The Labute approximate surface area is 73.9 Å². The third-order valence-electron chi connectivity index (χ3n) is 3.34. The van der Waals surface area contributed by atoms with Crippen molar-refractivity contribution in [2.45, 2.75) is 38.1 Å². The summed E-state index contributed by atoms with van der Waals surface area (Å²) in [6.45, 7) is 1.12. The van der Waals surface area contributed by atoms with E-state index in [4.69, 9.17) is 0 Å². The molecule has 0 spiro atoms. The van der Waals surface area contributed by atoms with Crippen molar-refractivity contribution < 1.29 is 4.79 Å². The van der Waals surface area contributed by atoms with Crippen LogP contribution in [0.3, 0.4) is 0 Å². The standard InChI is InChI=1S/C10H17NO/c1-11-7-3-5-8-4-2-6-9(12)10(8)11/h8,10H,2-7H2,1H3/t8-,10+/m0/s1. The van der Waals surface area contributed by atoms with E-state index >= 15 is 0 Å². The number of rotatable bonds is 0. The molecule has 0 radical (unpaired) electrons. The van der Waals surface area contributed by atoms with Gasteiger partial charge in [-0.05, 0) is 45.2 Å². The van der Waals surface area contributed by atoms with Crippen molar-refractivity contribution >= 4 is 5.78 Å². The molecule has 2 nitrogen and oxygen atoms in total. The normalized spacial score (nSPS) is 37.9. The zero-order valence-corrected chi connectivity index (χ0v) is 7.75. The Kier molecular flexibility index (Phi) is 2.18. The smallest absolute Gasteiger partial charge is 0.150 e. The first-order valence-electron chi connectivity index (χ1n) is 5.02. The highest BCUT2D eigenvalue weighted by atomic mass is 16.1. The van der Waals surface area contributed by atoms with Crippen molar-refractivity contribution in [3.8, 4) is 0 Å². The SMILES string of the molecule is CN1CCC[C@@H]2CCCC(=O)[C@@H]21. The molecule has 2 rings (SSSR count). The van der Waals surface area contributed by atoms with Crippen LogP contribution in [0.5, 0.6) is 0 Å². The molecule has 0 amide bonds. The Morgan fingerprint density at radius 3 is 2.83 bits per heavy atom. The summed E-state index contributed by atoms with van der Waals surface area (Å²) in [5.74, 6) is 1.18. The van der Waals surface area contributed by atoms with E-state index in [1.807, 2.05) is 0 Å². The Morgan fingerprint density at radius 2 is 2.08 bits per heavy atom. The molecule has 1 saturated carbocycles. The van der Waals surface area contributed by atoms with Crippen LogP contribution in [0.25, 0.3) is 0 Å². The molecule has 1 aliphatic heterocycles. The molecule has 2 aliphatic rings. The van der Waals surface area contributed by atoms with Crippen LogP contribution in [-0.4, -0.2) is 30.3 Å². The van der Waals surface area contributed by atoms with Gasteiger partial charge in [0.1, 0.15) is 5.78 Å². The first-order valence-corrected chi connectivity index (χ1v) is 5.02. The van der Waals surface area contributed by atoms with Crippen LogP contribution in [0.15, 0.2) is 0 Å². The molecular weight excluding hydrogens is 150 g/mol. The molecule has 0 unspecified atom stereocenters. The van der Waals surface area contributed by atoms with Crippen LogP contribution in [0, 0.1) is 5.92 Å². The Hall–Kier alpha value is -0.370. The Balaban J connectivity index is 2.12. The van der Waals surface area contributed by atoms with E-state index in [2.05, 4.69) is 11.9 Å². The predicted molar refractivity (Wildman–Crippen MR) is 48.0 cm³/mol. The number of piperidine rings is 1. The van der Waals surface area contributed by atoms with Crippen LogP contribution in [0.1, 0.15) is 32.1 Å². The van der Waals surface area contributed by atoms with E-state index < -0.39 is 0 Å². The summed E-state index contributed by atoms with van der Waals surface area (Å²) < 4.78 is 0. The zero-order valence-electron chi connectivity index (χ0n) is 7.75. The molecular formula is C10H17NO. The largest absolute Gasteiger partial charge is 0.298 e. The van der Waals surface area contributed by atoms with E-state index in [9.17, 15) is 4.79 Å². The number of likely N-dealkylation sites (tertiary alicyclic amines) is 1. The second-order valence-corrected chi connectivity index (χ2v) is 4.19. The van der Waals surface area contributed by atoms with Crippen LogP contribution < -0.4 is 0 Å². The number of Topliss-reactive ketones (excluding diaryl/α,β-unsaturated/α-hetero) is 1. The number of likely N-dealkylation sites (N-methyl/N-ethyl adjacent to an activating group) is 1. The number of hydrogen-bond donors (Lipinski definition) is 0. The van der Waals surface area contributed by atoms with Gasteiger partial charge >= 0.3 is 0 Å². The van der Waals surface area contributed by atoms with Crippen molar-refractivity contribution in [3.63, 3.8) is 0 Å². The fourth-order valence-electron chi connectivity index (χ4n) is 2.76. The minimum atomic E-state index is 0.285. The second kappa shape index (κ2) is 3.17. The van der Waals surface area contributed by atoms with Gasteiger partial charge in [0.2, 0.25) is 0 Å². The molecule has 0 bridgehead atoms. The maximum atomic E-state index is 11.6. The number of fused-ring (bicyclic) bond motifs is 1. The van der Waals surface area contributed by atoms with Crippen molar-refractivity contribution in [1.82, 2.24) is 4.90 Å². The first kappa shape index (κ1) is 8.24. The highest BCUT2D eigenvalue weighted by Gasteiger charge is 2.36. The van der Waals surface area contributed by atoms with Gasteiger partial charge in [-0.15, -0.1) is 0 Å². The van der Waals surface area contributed by atoms with Gasteiger partial charge in [0.25, 0.3) is 0 Å². The third kappa shape index (κ3) is 1.28. The zero-order chi connectivity index (χ0) is 8.55. The minimum absolute atomic E-state index is 0.285. The van der Waals surface area contributed by atoms with Crippen molar-refractivity contribution in [3.05, 3.63) is 0 Å². The third-order valence-corrected chi connectivity index (χ3v) is 3.34. The summed E-state index contributed by atoms with van der Waals surface area (Å²) in [5.41, 5.74) is 0. The van der Waals surface area contributed by atoms with E-state index in [-0.39, 0.29) is 6.04 Å². The maximum Gasteiger partial charge on any atom is 0.150 e. The van der Waals surface area contributed by atoms with Gasteiger partial charge in [0.05, 0.1) is 6.04 Å². The predicted octanol–water partition coefficient (Wildman–Crippen LogP) is 1.45. The first-order chi connectivity index (χ1) is 5.79. The fraction of sp³-hybridized carbons (Fsp3) is 0.900. The molecule has 0 aromatic rings. The molecule has 0 aromatic heterocycles. The van der Waals surface area contributed by atoms with Gasteiger partial charge in [-0.1, -0.05) is 0 Å². The van der Waals surface area contributed by atoms with Crippen molar-refractivity contribution in [2.24, 2.45) is 5.92 Å². The summed E-state index contributed by atoms with van der Waals surface area (Å²) in [4.78, 5) is 13.9. The van der Waals surface area contributed by atoms with Crippen LogP contribution in [0.4, 0.5) is 0 Å². The summed E-state index contributed by atoms with van der Waals surface area (Å²) in [7, 11) is 2.10. The second-order valence-electron chi connectivity index (χ2n) is 4.19. The Morgan fingerprint density at radius 1 is 1.33 bits per heavy atom. The summed E-state index contributed by atoms with van der Waals surface area (Å²) >= 11 is 0. The van der Waals surface area contributed by atoms with E-state index in [0.717, 1.165) is 19.4 Å². The van der Waals surface area contributed by atoms with E-state index in [1.54, 1.807) is 0 Å². The molecule has 1 heterocycles. The highest BCUT2D eigenvalue weighted by molar-refractivity contribution is 5.85. The Bertz CT molecular complexity index is 188. The van der Waals surface area contributed by atoms with E-state index in [0.29, 0.717) is 11.7 Å². The van der Waals surface area contributed by atoms with Crippen LogP contribution in [0.2, 0.25) is 0 Å². The molecule has 2 atom stereocenters. The number of nitrogens with zero attached hydrogens (tertiary/aromatic N) is 1. The molecule has 1 aliphatic carbocycles. The average molecular weight is 167 g/mol. The maximum absolute atomic E-state index is 11.6. The van der Waals surface area contributed by atoms with Gasteiger partial charge in [-0.3, -0.25) is 9.69 Å². The quantitative estimate of drug-likeness (QED) is 0.544. The molecule has 2 heteroatoms. The lowest BCUT2D eigenvalue weighted by molar-refractivity contribution is -0.129. The number of carbonyl (C=O) groups is 1. The molecule has 12 heavy (non-hydrogen) atoms. The molecule has 1 saturated heterocycles. The minimum Gasteiger partial charge on any atom is -0.298 e. The fourth-order valence-corrected chi connectivity index (χ4v) is 2.76. The van der Waals surface area contributed by atoms with Gasteiger partial charge in [0, 0.05) is 6.42 Å². The van der Waals surface area contributed by atoms with Crippen molar-refractivity contribution in [2.75, 3.05) is 13.6 Å². The van der Waals surface area contributed by atoms with Gasteiger partial charge < -0.3 is 0 Å². The lowest BCUT2D eigenvalue weighted by Crippen LogP contribution is -2.49. The number of ketones is 1. The summed E-state index contributed by atoms with van der Waals surface area (Å²) in [6.07, 6.45) is 5.80. The van der Waals surface area contributed by atoms with E-state index in [1.165, 1.54) is 19.3 Å². The van der Waals surface area contributed by atoms with Gasteiger partial charge in [0.15, 0.2) is 0 Å². The van der Waals surface area contributed by atoms with Crippen LogP contribution >= 0.6 is 0 Å². The molecule has 68 valence electrons. The topological polar surface area (TPSA) is 20.3 Å². The molecule has 0 aromatic carbocycles. The lowest BCUT2D eigenvalue weighted by Gasteiger charge is -2.40. The van der Waals surface area contributed by atoms with Gasteiger partial charge in [-0.25, -0.2) is 0 Å². The lowest BCUT2D eigenvalue weighted by atomic mass is 9.78. The molecule has 0 N–H and O–H groups in total. The summed E-state index contributed by atoms with van der Waals surface area (Å²) in [6, 6.07) is 0.285.